The first-order valence-electron chi connectivity index (χ1n) is 6.96. The number of nitrogens with one attached hydrogen (secondary N) is 1. The van der Waals surface area contributed by atoms with Gasteiger partial charge in [-0.2, -0.15) is 26.3 Å². The van der Waals surface area contributed by atoms with Crippen molar-refractivity contribution in [1.29, 1.82) is 0 Å². The van der Waals surface area contributed by atoms with E-state index in [1.807, 2.05) is 0 Å². The number of rotatable bonds is 3. The lowest BCUT2D eigenvalue weighted by atomic mass is 9.98. The van der Waals surface area contributed by atoms with Gasteiger partial charge >= 0.3 is 12.4 Å². The summed E-state index contributed by atoms with van der Waals surface area (Å²) < 4.78 is 90.8. The zero-order valence-electron chi connectivity index (χ0n) is 12.3. The van der Waals surface area contributed by atoms with E-state index in [0.717, 1.165) is 0 Å². The fourth-order valence-electron chi connectivity index (χ4n) is 2.62. The van der Waals surface area contributed by atoms with Crippen LogP contribution in [0.5, 0.6) is 0 Å². The average Bonchev–Trinajstić information content (AvgIpc) is 2.44. The maximum absolute atomic E-state index is 14.0. The Morgan fingerprint density at radius 3 is 2.12 bits per heavy atom. The molecule has 1 heterocycles. The Morgan fingerprint density at radius 2 is 1.62 bits per heavy atom. The van der Waals surface area contributed by atoms with E-state index in [1.165, 1.54) is 4.90 Å². The normalized spacial score (nSPS) is 18.1. The fourth-order valence-corrected chi connectivity index (χ4v) is 2.62. The van der Waals surface area contributed by atoms with E-state index in [-0.39, 0.29) is 25.5 Å². The van der Waals surface area contributed by atoms with Crippen molar-refractivity contribution >= 4 is 12.4 Å². The third kappa shape index (κ3) is 5.49. The highest BCUT2D eigenvalue weighted by atomic mass is 35.5. The van der Waals surface area contributed by atoms with E-state index in [9.17, 15) is 30.7 Å². The van der Waals surface area contributed by atoms with Crippen molar-refractivity contribution in [2.45, 2.75) is 24.8 Å². The third-order valence-corrected chi connectivity index (χ3v) is 3.70. The van der Waals surface area contributed by atoms with Gasteiger partial charge in [0, 0.05) is 37.8 Å². The zero-order valence-corrected chi connectivity index (χ0v) is 13.2. The monoisotopic (exact) mass is 380 g/mol. The summed E-state index contributed by atoms with van der Waals surface area (Å²) in [7, 11) is 0. The largest absolute Gasteiger partial charge is 0.416 e. The molecular formula is C14H16ClF7N2. The predicted molar refractivity (Wildman–Crippen MR) is 76.5 cm³/mol. The molecule has 0 unspecified atom stereocenters. The first-order chi connectivity index (χ1) is 10.6. The quantitative estimate of drug-likeness (QED) is 0.792. The Balaban J connectivity index is 0.00000288. The van der Waals surface area contributed by atoms with E-state index in [0.29, 0.717) is 31.3 Å². The van der Waals surface area contributed by atoms with Gasteiger partial charge in [0.05, 0.1) is 12.0 Å². The van der Waals surface area contributed by atoms with E-state index in [4.69, 9.17) is 0 Å². The van der Waals surface area contributed by atoms with Crippen LogP contribution < -0.4 is 5.32 Å². The maximum atomic E-state index is 14.0. The smallest absolute Gasteiger partial charge is 0.314 e. The Kier molecular flexibility index (Phi) is 6.89. The van der Waals surface area contributed by atoms with E-state index in [2.05, 4.69) is 5.32 Å². The second-order valence-electron chi connectivity index (χ2n) is 5.36. The molecule has 2 rings (SSSR count). The lowest BCUT2D eigenvalue weighted by molar-refractivity contribution is -0.149. The van der Waals surface area contributed by atoms with Gasteiger partial charge in [-0.1, -0.05) is 0 Å². The predicted octanol–water partition coefficient (Wildman–Crippen LogP) is 4.17. The minimum absolute atomic E-state index is 0. The minimum atomic E-state index is -4.74. The Hall–Kier alpha value is -1.06. The summed E-state index contributed by atoms with van der Waals surface area (Å²) in [5.74, 6) is -1.06. The number of nitrogens with zero attached hydrogens (tertiary/aromatic N) is 1. The van der Waals surface area contributed by atoms with Crippen LogP contribution in [-0.4, -0.2) is 37.3 Å². The molecule has 10 heteroatoms. The van der Waals surface area contributed by atoms with Crippen LogP contribution in [-0.2, 0) is 6.18 Å². The van der Waals surface area contributed by atoms with Crippen LogP contribution in [0.2, 0.25) is 0 Å². The van der Waals surface area contributed by atoms with Crippen molar-refractivity contribution in [1.82, 2.24) is 10.2 Å². The number of piperazine rings is 1. The van der Waals surface area contributed by atoms with Crippen LogP contribution in [0.25, 0.3) is 0 Å². The van der Waals surface area contributed by atoms with E-state index in [1.54, 1.807) is 0 Å². The lowest BCUT2D eigenvalue weighted by Gasteiger charge is -2.36. The summed E-state index contributed by atoms with van der Waals surface area (Å²) in [6.07, 6.45) is -10.8. The fraction of sp³-hybridized carbons (Fsp3) is 0.571. The molecule has 1 fully saturated rings. The summed E-state index contributed by atoms with van der Waals surface area (Å²) >= 11 is 0. The van der Waals surface area contributed by atoms with Crippen molar-refractivity contribution in [2.24, 2.45) is 0 Å². The summed E-state index contributed by atoms with van der Waals surface area (Å²) in [5, 5.41) is 2.94. The maximum Gasteiger partial charge on any atom is 0.416 e. The van der Waals surface area contributed by atoms with Crippen LogP contribution in [0.15, 0.2) is 18.2 Å². The van der Waals surface area contributed by atoms with Gasteiger partial charge < -0.3 is 5.32 Å². The van der Waals surface area contributed by atoms with Crippen LogP contribution in [0.3, 0.4) is 0 Å². The molecule has 0 bridgehead atoms. The van der Waals surface area contributed by atoms with Crippen molar-refractivity contribution in [3.05, 3.63) is 35.1 Å². The Labute approximate surface area is 140 Å². The molecular weight excluding hydrogens is 365 g/mol. The Morgan fingerprint density at radius 1 is 1.04 bits per heavy atom. The zero-order chi connectivity index (χ0) is 17.3. The van der Waals surface area contributed by atoms with Gasteiger partial charge in [0.1, 0.15) is 5.82 Å². The van der Waals surface area contributed by atoms with Gasteiger partial charge in [-0.05, 0) is 18.2 Å². The van der Waals surface area contributed by atoms with Gasteiger partial charge in [0.25, 0.3) is 0 Å². The SMILES string of the molecule is Cl.Fc1ccc(C(F)(F)F)cc1[C@@H](CC(F)(F)F)N1CCNCC1. The number of alkyl halides is 6. The van der Waals surface area contributed by atoms with Crippen molar-refractivity contribution in [3.8, 4) is 0 Å². The second kappa shape index (κ2) is 7.88. The van der Waals surface area contributed by atoms with Gasteiger partial charge in [-0.15, -0.1) is 12.4 Å². The van der Waals surface area contributed by atoms with Crippen LogP contribution in [0, 0.1) is 5.82 Å². The van der Waals surface area contributed by atoms with E-state index >= 15 is 0 Å². The molecule has 1 saturated heterocycles. The standard InChI is InChI=1S/C14H15F7N2.ClH/c15-11-2-1-9(14(19,20)21)7-10(11)12(8-13(16,17)18)23-5-3-22-4-6-23;/h1-2,7,12,22H,3-6,8H2;1H/t12-;/m1./s1. The molecule has 0 radical (unpaired) electrons. The van der Waals surface area contributed by atoms with Crippen LogP contribution in [0.1, 0.15) is 23.6 Å². The molecule has 24 heavy (non-hydrogen) atoms. The molecule has 0 aromatic heterocycles. The molecule has 1 N–H and O–H groups in total. The minimum Gasteiger partial charge on any atom is -0.314 e. The van der Waals surface area contributed by atoms with E-state index < -0.39 is 41.8 Å². The average molecular weight is 381 g/mol. The molecule has 0 amide bonds. The Bertz CT molecular complexity index is 539. The third-order valence-electron chi connectivity index (χ3n) is 3.70. The highest BCUT2D eigenvalue weighted by Crippen LogP contribution is 2.38. The number of benzene rings is 1. The van der Waals surface area contributed by atoms with Gasteiger partial charge in [0.2, 0.25) is 0 Å². The molecule has 0 aliphatic carbocycles. The summed E-state index contributed by atoms with van der Waals surface area (Å²) in [4.78, 5) is 1.36. The molecule has 1 aliphatic heterocycles. The van der Waals surface area contributed by atoms with Crippen molar-refractivity contribution in [2.75, 3.05) is 26.2 Å². The second-order valence-corrected chi connectivity index (χ2v) is 5.36. The molecule has 138 valence electrons. The molecule has 1 aliphatic rings. The summed E-state index contributed by atoms with van der Waals surface area (Å²) in [5.41, 5.74) is -1.73. The molecule has 1 aromatic carbocycles. The first kappa shape index (κ1) is 21.0. The summed E-state index contributed by atoms with van der Waals surface area (Å²) in [6, 6.07) is 0.109. The van der Waals surface area contributed by atoms with Crippen LogP contribution in [0.4, 0.5) is 30.7 Å². The lowest BCUT2D eigenvalue weighted by Crippen LogP contribution is -2.46. The number of hydrogen-bond acceptors (Lipinski definition) is 2. The highest BCUT2D eigenvalue weighted by molar-refractivity contribution is 5.85. The summed E-state index contributed by atoms with van der Waals surface area (Å²) in [6.45, 7) is 1.21. The van der Waals surface area contributed by atoms with Crippen LogP contribution >= 0.6 is 12.4 Å². The molecule has 1 atom stereocenters. The molecule has 2 nitrogen and oxygen atoms in total. The van der Waals surface area contributed by atoms with Crippen molar-refractivity contribution in [3.63, 3.8) is 0 Å². The van der Waals surface area contributed by atoms with Gasteiger partial charge in [-0.3, -0.25) is 4.90 Å². The number of halogens is 8. The number of hydrogen-bond donors (Lipinski definition) is 1. The van der Waals surface area contributed by atoms with Crippen molar-refractivity contribution < 1.29 is 30.7 Å². The van der Waals surface area contributed by atoms with Gasteiger partial charge in [-0.25, -0.2) is 4.39 Å². The first-order valence-corrected chi connectivity index (χ1v) is 6.96. The molecule has 1 aromatic rings. The molecule has 0 saturated carbocycles. The highest BCUT2D eigenvalue weighted by Gasteiger charge is 2.38. The topological polar surface area (TPSA) is 15.3 Å². The molecule has 0 spiro atoms. The van der Waals surface area contributed by atoms with Gasteiger partial charge in [0.15, 0.2) is 0 Å².